The van der Waals surface area contributed by atoms with E-state index in [0.29, 0.717) is 19.7 Å². The summed E-state index contributed by atoms with van der Waals surface area (Å²) in [6, 6.07) is 7.89. The molecule has 0 amide bonds. The summed E-state index contributed by atoms with van der Waals surface area (Å²) in [4.78, 5) is 2.18. The number of hydrogen-bond donors (Lipinski definition) is 2. The lowest BCUT2D eigenvalue weighted by atomic mass is 10.2. The van der Waals surface area contributed by atoms with Gasteiger partial charge in [-0.25, -0.2) is 0 Å². The van der Waals surface area contributed by atoms with E-state index in [1.54, 1.807) is 7.11 Å². The van der Waals surface area contributed by atoms with Crippen LogP contribution in [-0.4, -0.2) is 55.6 Å². The van der Waals surface area contributed by atoms with E-state index in [1.165, 1.54) is 0 Å². The topological polar surface area (TPSA) is 68.0 Å². The van der Waals surface area contributed by atoms with Gasteiger partial charge in [-0.05, 0) is 31.2 Å². The molecule has 3 N–H and O–H groups in total. The van der Waals surface area contributed by atoms with Crippen molar-refractivity contribution in [2.45, 2.75) is 32.5 Å². The third-order valence-electron chi connectivity index (χ3n) is 3.48. The van der Waals surface area contributed by atoms with Crippen molar-refractivity contribution in [3.8, 4) is 5.75 Å². The van der Waals surface area contributed by atoms with Crippen LogP contribution in [0.3, 0.4) is 0 Å². The zero-order valence-corrected chi connectivity index (χ0v) is 13.3. The Kier molecular flexibility index (Phi) is 8.30. The molecule has 5 heteroatoms. The minimum Gasteiger partial charge on any atom is -0.491 e. The van der Waals surface area contributed by atoms with Gasteiger partial charge in [0.15, 0.2) is 0 Å². The summed E-state index contributed by atoms with van der Waals surface area (Å²) in [7, 11) is 1.69. The largest absolute Gasteiger partial charge is 0.491 e. The number of likely N-dealkylation sites (N-methyl/N-ethyl adjacent to an activating group) is 1. The van der Waals surface area contributed by atoms with Gasteiger partial charge in [0.1, 0.15) is 18.5 Å². The van der Waals surface area contributed by atoms with Crippen molar-refractivity contribution in [1.29, 1.82) is 0 Å². The SMILES string of the molecule is CCN(CC(O)COc1ccc(CN)cc1)C(C)COC. The number of benzene rings is 1. The van der Waals surface area contributed by atoms with Crippen molar-refractivity contribution in [2.24, 2.45) is 5.73 Å². The Balaban J connectivity index is 2.39. The fraction of sp³-hybridized carbons (Fsp3) is 0.625. The summed E-state index contributed by atoms with van der Waals surface area (Å²) in [5.74, 6) is 0.749. The Morgan fingerprint density at radius 1 is 1.24 bits per heavy atom. The van der Waals surface area contributed by atoms with Crippen molar-refractivity contribution in [2.75, 3.05) is 33.4 Å². The predicted molar refractivity (Wildman–Crippen MR) is 84.4 cm³/mol. The molecule has 0 heterocycles. The molecular formula is C16H28N2O3. The molecule has 0 aliphatic carbocycles. The Hall–Kier alpha value is -1.14. The van der Waals surface area contributed by atoms with Crippen molar-refractivity contribution in [3.63, 3.8) is 0 Å². The van der Waals surface area contributed by atoms with Gasteiger partial charge in [-0.3, -0.25) is 4.90 Å². The summed E-state index contributed by atoms with van der Waals surface area (Å²) < 4.78 is 10.8. The maximum atomic E-state index is 10.1. The second-order valence-corrected chi connectivity index (χ2v) is 5.20. The Bertz CT molecular complexity index is 384. The highest BCUT2D eigenvalue weighted by atomic mass is 16.5. The maximum absolute atomic E-state index is 10.1. The number of nitrogens with two attached hydrogens (primary N) is 1. The van der Waals surface area contributed by atoms with E-state index in [4.69, 9.17) is 15.2 Å². The predicted octanol–water partition coefficient (Wildman–Crippen LogP) is 1.24. The first-order chi connectivity index (χ1) is 10.1. The maximum Gasteiger partial charge on any atom is 0.119 e. The van der Waals surface area contributed by atoms with Crippen LogP contribution < -0.4 is 10.5 Å². The molecule has 0 radical (unpaired) electrons. The van der Waals surface area contributed by atoms with Crippen LogP contribution in [0.2, 0.25) is 0 Å². The number of methoxy groups -OCH3 is 1. The summed E-state index contributed by atoms with van der Waals surface area (Å²) >= 11 is 0. The van der Waals surface area contributed by atoms with E-state index >= 15 is 0 Å². The summed E-state index contributed by atoms with van der Waals surface area (Å²) in [6.45, 7) is 7.05. The third kappa shape index (κ3) is 6.44. The fourth-order valence-corrected chi connectivity index (χ4v) is 2.20. The quantitative estimate of drug-likeness (QED) is 0.680. The van der Waals surface area contributed by atoms with Crippen LogP contribution in [0, 0.1) is 0 Å². The van der Waals surface area contributed by atoms with E-state index in [-0.39, 0.29) is 12.6 Å². The first kappa shape index (κ1) is 17.9. The molecule has 2 atom stereocenters. The van der Waals surface area contributed by atoms with Gasteiger partial charge in [0.25, 0.3) is 0 Å². The molecule has 0 saturated heterocycles. The summed E-state index contributed by atoms with van der Waals surface area (Å²) in [5, 5.41) is 10.1. The number of aliphatic hydroxyl groups is 1. The normalized spacial score (nSPS) is 14.2. The Labute approximate surface area is 127 Å². The molecule has 1 aromatic rings. The molecule has 2 unspecified atom stereocenters. The molecule has 0 saturated carbocycles. The molecule has 0 aliphatic heterocycles. The van der Waals surface area contributed by atoms with Gasteiger partial charge in [0, 0.05) is 26.2 Å². The van der Waals surface area contributed by atoms with E-state index in [9.17, 15) is 5.11 Å². The highest BCUT2D eigenvalue weighted by Crippen LogP contribution is 2.12. The van der Waals surface area contributed by atoms with Crippen LogP contribution in [0.5, 0.6) is 5.75 Å². The van der Waals surface area contributed by atoms with Crippen molar-refractivity contribution < 1.29 is 14.6 Å². The zero-order chi connectivity index (χ0) is 15.7. The molecule has 0 aliphatic rings. The van der Waals surface area contributed by atoms with Crippen molar-refractivity contribution in [3.05, 3.63) is 29.8 Å². The molecule has 5 nitrogen and oxygen atoms in total. The van der Waals surface area contributed by atoms with E-state index in [1.807, 2.05) is 24.3 Å². The molecule has 0 bridgehead atoms. The van der Waals surface area contributed by atoms with Crippen LogP contribution >= 0.6 is 0 Å². The molecular weight excluding hydrogens is 268 g/mol. The van der Waals surface area contributed by atoms with Gasteiger partial charge < -0.3 is 20.3 Å². The number of rotatable bonds is 10. The Morgan fingerprint density at radius 3 is 2.43 bits per heavy atom. The van der Waals surface area contributed by atoms with E-state index in [2.05, 4.69) is 18.7 Å². The number of hydrogen-bond acceptors (Lipinski definition) is 5. The van der Waals surface area contributed by atoms with Gasteiger partial charge in [-0.1, -0.05) is 19.1 Å². The van der Waals surface area contributed by atoms with E-state index < -0.39 is 6.10 Å². The average molecular weight is 296 g/mol. The van der Waals surface area contributed by atoms with E-state index in [0.717, 1.165) is 17.9 Å². The molecule has 21 heavy (non-hydrogen) atoms. The lowest BCUT2D eigenvalue weighted by Crippen LogP contribution is -2.42. The van der Waals surface area contributed by atoms with Crippen LogP contribution in [0.1, 0.15) is 19.4 Å². The fourth-order valence-electron chi connectivity index (χ4n) is 2.20. The molecule has 0 aromatic heterocycles. The number of nitrogens with zero attached hydrogens (tertiary/aromatic N) is 1. The van der Waals surface area contributed by atoms with Crippen LogP contribution in [-0.2, 0) is 11.3 Å². The molecule has 1 aromatic carbocycles. The van der Waals surface area contributed by atoms with Gasteiger partial charge >= 0.3 is 0 Å². The molecule has 0 fully saturated rings. The molecule has 0 spiro atoms. The van der Waals surface area contributed by atoms with Crippen molar-refractivity contribution >= 4 is 0 Å². The highest BCUT2D eigenvalue weighted by molar-refractivity contribution is 5.27. The van der Waals surface area contributed by atoms with Gasteiger partial charge in [-0.2, -0.15) is 0 Å². The lowest BCUT2D eigenvalue weighted by Gasteiger charge is -2.29. The number of ether oxygens (including phenoxy) is 2. The smallest absolute Gasteiger partial charge is 0.119 e. The lowest BCUT2D eigenvalue weighted by molar-refractivity contribution is 0.0368. The van der Waals surface area contributed by atoms with Crippen LogP contribution in [0.15, 0.2) is 24.3 Å². The second kappa shape index (κ2) is 9.73. The molecule has 120 valence electrons. The monoisotopic (exact) mass is 296 g/mol. The summed E-state index contributed by atoms with van der Waals surface area (Å²) in [6.07, 6.45) is -0.529. The van der Waals surface area contributed by atoms with Gasteiger partial charge in [0.05, 0.1) is 6.61 Å². The van der Waals surface area contributed by atoms with Crippen LogP contribution in [0.25, 0.3) is 0 Å². The standard InChI is InChI=1S/C16H28N2O3/c1-4-18(13(2)11-20-3)10-15(19)12-21-16-7-5-14(9-17)6-8-16/h5-8,13,15,19H,4,9-12,17H2,1-3H3. The molecule has 1 rings (SSSR count). The highest BCUT2D eigenvalue weighted by Gasteiger charge is 2.16. The van der Waals surface area contributed by atoms with Gasteiger partial charge in [0.2, 0.25) is 0 Å². The number of aliphatic hydroxyl groups excluding tert-OH is 1. The first-order valence-electron chi connectivity index (χ1n) is 7.43. The van der Waals surface area contributed by atoms with Gasteiger partial charge in [-0.15, -0.1) is 0 Å². The minimum atomic E-state index is -0.529. The van der Waals surface area contributed by atoms with Crippen LogP contribution in [0.4, 0.5) is 0 Å². The van der Waals surface area contributed by atoms with Crippen molar-refractivity contribution in [1.82, 2.24) is 4.90 Å². The average Bonchev–Trinajstić information content (AvgIpc) is 2.51. The third-order valence-corrected chi connectivity index (χ3v) is 3.48. The zero-order valence-electron chi connectivity index (χ0n) is 13.3. The summed E-state index contributed by atoms with van der Waals surface area (Å²) in [5.41, 5.74) is 6.61. The second-order valence-electron chi connectivity index (χ2n) is 5.20. The Morgan fingerprint density at radius 2 is 1.90 bits per heavy atom. The first-order valence-corrected chi connectivity index (χ1v) is 7.43. The minimum absolute atomic E-state index is 0.276.